The predicted octanol–water partition coefficient (Wildman–Crippen LogP) is 0.407. The number of carbonyl (C=O) groups excluding carboxylic acids is 1. The number of nitrogens with one attached hydrogen (secondary N) is 1. The molecule has 0 aromatic heterocycles. The molecule has 2 fully saturated rings. The van der Waals surface area contributed by atoms with Crippen molar-refractivity contribution >= 4 is 5.91 Å². The van der Waals surface area contributed by atoms with E-state index >= 15 is 0 Å². The fraction of sp³-hybridized carbons (Fsp3) is 0.909. The van der Waals surface area contributed by atoms with Gasteiger partial charge in [0.25, 0.3) is 0 Å². The molecule has 3 N–H and O–H groups in total. The third-order valence-electron chi connectivity index (χ3n) is 3.55. The standard InChI is InChI=1S/C11H20N2O2/c1-7-10(4-5-15-7)13-11(14)8-2-3-9(12)6-8/h7-10H,2-6,12H2,1H3,(H,13,14). The zero-order chi connectivity index (χ0) is 10.8. The van der Waals surface area contributed by atoms with Crippen LogP contribution in [-0.2, 0) is 9.53 Å². The molecule has 4 nitrogen and oxygen atoms in total. The molecule has 4 heteroatoms. The van der Waals surface area contributed by atoms with Crippen molar-refractivity contribution in [2.24, 2.45) is 11.7 Å². The van der Waals surface area contributed by atoms with Crippen LogP contribution in [0.1, 0.15) is 32.6 Å². The van der Waals surface area contributed by atoms with E-state index in [2.05, 4.69) is 5.32 Å². The van der Waals surface area contributed by atoms with E-state index in [4.69, 9.17) is 10.5 Å². The van der Waals surface area contributed by atoms with E-state index in [1.807, 2.05) is 6.92 Å². The summed E-state index contributed by atoms with van der Waals surface area (Å²) >= 11 is 0. The van der Waals surface area contributed by atoms with Gasteiger partial charge in [0.2, 0.25) is 5.91 Å². The topological polar surface area (TPSA) is 64.3 Å². The smallest absolute Gasteiger partial charge is 0.223 e. The lowest BCUT2D eigenvalue weighted by Crippen LogP contribution is -2.42. The van der Waals surface area contributed by atoms with Gasteiger partial charge < -0.3 is 15.8 Å². The Morgan fingerprint density at radius 1 is 1.40 bits per heavy atom. The van der Waals surface area contributed by atoms with Crippen molar-refractivity contribution in [3.8, 4) is 0 Å². The van der Waals surface area contributed by atoms with Gasteiger partial charge in [-0.2, -0.15) is 0 Å². The Labute approximate surface area is 90.5 Å². The number of carbonyl (C=O) groups is 1. The molecule has 0 aromatic carbocycles. The van der Waals surface area contributed by atoms with Crippen molar-refractivity contribution in [3.63, 3.8) is 0 Å². The van der Waals surface area contributed by atoms with Gasteiger partial charge in [0, 0.05) is 18.6 Å². The van der Waals surface area contributed by atoms with Crippen LogP contribution in [0.3, 0.4) is 0 Å². The van der Waals surface area contributed by atoms with Gasteiger partial charge in [0.05, 0.1) is 12.1 Å². The Hall–Kier alpha value is -0.610. The Bertz CT molecular complexity index is 245. The highest BCUT2D eigenvalue weighted by Gasteiger charge is 2.31. The molecule has 86 valence electrons. The van der Waals surface area contributed by atoms with E-state index < -0.39 is 0 Å². The molecule has 2 aliphatic rings. The van der Waals surface area contributed by atoms with Crippen molar-refractivity contribution in [3.05, 3.63) is 0 Å². The molecule has 0 bridgehead atoms. The summed E-state index contributed by atoms with van der Waals surface area (Å²) in [5.41, 5.74) is 5.79. The second kappa shape index (κ2) is 4.49. The van der Waals surface area contributed by atoms with Gasteiger partial charge in [0.15, 0.2) is 0 Å². The molecule has 15 heavy (non-hydrogen) atoms. The van der Waals surface area contributed by atoms with Crippen molar-refractivity contribution in [2.45, 2.75) is 50.8 Å². The third kappa shape index (κ3) is 2.49. The SMILES string of the molecule is CC1OCCC1NC(=O)C1CCC(N)C1. The van der Waals surface area contributed by atoms with Gasteiger partial charge in [-0.15, -0.1) is 0 Å². The average Bonchev–Trinajstić information content (AvgIpc) is 2.77. The Morgan fingerprint density at radius 3 is 2.73 bits per heavy atom. The van der Waals surface area contributed by atoms with E-state index in [1.54, 1.807) is 0 Å². The minimum Gasteiger partial charge on any atom is -0.376 e. The maximum absolute atomic E-state index is 11.9. The van der Waals surface area contributed by atoms with Gasteiger partial charge in [-0.3, -0.25) is 4.79 Å². The van der Waals surface area contributed by atoms with Crippen LogP contribution in [0.4, 0.5) is 0 Å². The monoisotopic (exact) mass is 212 g/mol. The first-order chi connectivity index (χ1) is 7.16. The highest BCUT2D eigenvalue weighted by atomic mass is 16.5. The normalized spacial score (nSPS) is 40.7. The second-order valence-corrected chi connectivity index (χ2v) is 4.75. The Kier molecular flexibility index (Phi) is 3.26. The lowest BCUT2D eigenvalue weighted by Gasteiger charge is -2.18. The van der Waals surface area contributed by atoms with E-state index in [0.717, 1.165) is 32.3 Å². The summed E-state index contributed by atoms with van der Waals surface area (Å²) in [4.78, 5) is 11.9. The van der Waals surface area contributed by atoms with Gasteiger partial charge in [-0.05, 0) is 32.6 Å². The van der Waals surface area contributed by atoms with E-state index in [0.29, 0.717) is 0 Å². The molecule has 1 saturated carbocycles. The fourth-order valence-electron chi connectivity index (χ4n) is 2.48. The van der Waals surface area contributed by atoms with Crippen molar-refractivity contribution < 1.29 is 9.53 Å². The molecule has 1 heterocycles. The van der Waals surface area contributed by atoms with Crippen molar-refractivity contribution in [1.82, 2.24) is 5.32 Å². The first-order valence-corrected chi connectivity index (χ1v) is 5.84. The number of rotatable bonds is 2. The maximum Gasteiger partial charge on any atom is 0.223 e. The highest BCUT2D eigenvalue weighted by Crippen LogP contribution is 2.25. The summed E-state index contributed by atoms with van der Waals surface area (Å²) < 4.78 is 5.41. The summed E-state index contributed by atoms with van der Waals surface area (Å²) in [6.45, 7) is 2.77. The molecular formula is C11H20N2O2. The van der Waals surface area contributed by atoms with E-state index in [-0.39, 0.29) is 30.0 Å². The number of amides is 1. The van der Waals surface area contributed by atoms with Crippen LogP contribution in [-0.4, -0.2) is 30.7 Å². The molecule has 2 rings (SSSR count). The molecule has 0 spiro atoms. The van der Waals surface area contributed by atoms with Gasteiger partial charge in [-0.25, -0.2) is 0 Å². The fourth-order valence-corrected chi connectivity index (χ4v) is 2.48. The molecule has 1 saturated heterocycles. The van der Waals surface area contributed by atoms with Crippen LogP contribution in [0, 0.1) is 5.92 Å². The zero-order valence-corrected chi connectivity index (χ0v) is 9.24. The molecule has 0 radical (unpaired) electrons. The first kappa shape index (κ1) is 10.9. The number of hydrogen-bond acceptors (Lipinski definition) is 3. The molecular weight excluding hydrogens is 192 g/mol. The molecule has 4 atom stereocenters. The van der Waals surface area contributed by atoms with Gasteiger partial charge in [-0.1, -0.05) is 0 Å². The zero-order valence-electron chi connectivity index (χ0n) is 9.24. The minimum absolute atomic E-state index is 0.132. The number of hydrogen-bond donors (Lipinski definition) is 2. The van der Waals surface area contributed by atoms with Crippen LogP contribution < -0.4 is 11.1 Å². The number of ether oxygens (including phenoxy) is 1. The summed E-state index contributed by atoms with van der Waals surface area (Å²) in [6.07, 6.45) is 3.85. The van der Waals surface area contributed by atoms with Crippen LogP contribution in [0.25, 0.3) is 0 Å². The summed E-state index contributed by atoms with van der Waals surface area (Å²) in [5, 5.41) is 3.07. The Morgan fingerprint density at radius 2 is 2.20 bits per heavy atom. The Balaban J connectivity index is 1.81. The molecule has 0 aromatic rings. The van der Waals surface area contributed by atoms with E-state index in [9.17, 15) is 4.79 Å². The lowest BCUT2D eigenvalue weighted by molar-refractivity contribution is -0.125. The van der Waals surface area contributed by atoms with Gasteiger partial charge in [0.1, 0.15) is 0 Å². The maximum atomic E-state index is 11.9. The van der Waals surface area contributed by atoms with Crippen LogP contribution in [0.2, 0.25) is 0 Å². The van der Waals surface area contributed by atoms with Crippen molar-refractivity contribution in [2.75, 3.05) is 6.61 Å². The van der Waals surface area contributed by atoms with Crippen molar-refractivity contribution in [1.29, 1.82) is 0 Å². The molecule has 4 unspecified atom stereocenters. The minimum atomic E-state index is 0.132. The summed E-state index contributed by atoms with van der Waals surface area (Å²) in [5.74, 6) is 0.304. The predicted molar refractivity (Wildman–Crippen MR) is 57.3 cm³/mol. The lowest BCUT2D eigenvalue weighted by atomic mass is 10.1. The first-order valence-electron chi connectivity index (χ1n) is 5.84. The van der Waals surface area contributed by atoms with Crippen LogP contribution in [0.5, 0.6) is 0 Å². The number of nitrogens with two attached hydrogens (primary N) is 1. The second-order valence-electron chi connectivity index (χ2n) is 4.75. The molecule has 1 amide bonds. The molecule has 1 aliphatic heterocycles. The van der Waals surface area contributed by atoms with Crippen LogP contribution >= 0.6 is 0 Å². The van der Waals surface area contributed by atoms with Crippen LogP contribution in [0.15, 0.2) is 0 Å². The summed E-state index contributed by atoms with van der Waals surface area (Å²) in [6, 6.07) is 0.423. The molecule has 1 aliphatic carbocycles. The third-order valence-corrected chi connectivity index (χ3v) is 3.55. The largest absolute Gasteiger partial charge is 0.376 e. The highest BCUT2D eigenvalue weighted by molar-refractivity contribution is 5.79. The average molecular weight is 212 g/mol. The summed E-state index contributed by atoms with van der Waals surface area (Å²) in [7, 11) is 0. The van der Waals surface area contributed by atoms with E-state index in [1.165, 1.54) is 0 Å². The quantitative estimate of drug-likeness (QED) is 0.696. The van der Waals surface area contributed by atoms with Gasteiger partial charge >= 0.3 is 0 Å².